The molecule has 0 fully saturated rings. The molecule has 0 radical (unpaired) electrons. The molecule has 0 saturated heterocycles. The number of rotatable bonds is 3. The number of hydrogen-bond donors (Lipinski definition) is 2. The first-order valence-electron chi connectivity index (χ1n) is 5.14. The molecule has 84 valence electrons. The molecule has 0 saturated carbocycles. The molecule has 2 aromatic heterocycles. The van der Waals surface area contributed by atoms with Crippen molar-refractivity contribution >= 4 is 11.0 Å². The highest BCUT2D eigenvalue weighted by Crippen LogP contribution is 2.06. The van der Waals surface area contributed by atoms with Crippen LogP contribution in [0.1, 0.15) is 13.3 Å². The SMILES string of the molecule is CCC(O)Nn1c(=O)ccc2cccnc21. The number of fused-ring (bicyclic) bond motifs is 1. The van der Waals surface area contributed by atoms with Crippen LogP contribution in [0.25, 0.3) is 11.0 Å². The number of pyridine rings is 2. The van der Waals surface area contributed by atoms with Gasteiger partial charge in [0.05, 0.1) is 0 Å². The first-order chi connectivity index (χ1) is 7.72. The first-order valence-corrected chi connectivity index (χ1v) is 5.14. The fourth-order valence-corrected chi connectivity index (χ4v) is 1.43. The fraction of sp³-hybridized carbons (Fsp3) is 0.273. The Morgan fingerprint density at radius 3 is 3.06 bits per heavy atom. The van der Waals surface area contributed by atoms with Crippen LogP contribution in [0.5, 0.6) is 0 Å². The van der Waals surface area contributed by atoms with Crippen LogP contribution in [0, 0.1) is 0 Å². The highest BCUT2D eigenvalue weighted by molar-refractivity contribution is 5.74. The van der Waals surface area contributed by atoms with Gasteiger partial charge >= 0.3 is 0 Å². The molecular formula is C11H13N3O2. The predicted molar refractivity (Wildman–Crippen MR) is 61.7 cm³/mol. The lowest BCUT2D eigenvalue weighted by Gasteiger charge is -2.15. The van der Waals surface area contributed by atoms with E-state index >= 15 is 0 Å². The van der Waals surface area contributed by atoms with E-state index in [0.29, 0.717) is 12.1 Å². The topological polar surface area (TPSA) is 67.2 Å². The van der Waals surface area contributed by atoms with Gasteiger partial charge in [0.15, 0.2) is 5.65 Å². The lowest BCUT2D eigenvalue weighted by molar-refractivity contribution is 0.184. The molecule has 0 aliphatic rings. The van der Waals surface area contributed by atoms with Crippen molar-refractivity contribution in [2.24, 2.45) is 0 Å². The van der Waals surface area contributed by atoms with Gasteiger partial charge in [0, 0.05) is 17.6 Å². The van der Waals surface area contributed by atoms with E-state index in [0.717, 1.165) is 5.39 Å². The maximum absolute atomic E-state index is 11.6. The second kappa shape index (κ2) is 4.32. The minimum Gasteiger partial charge on any atom is -0.372 e. The zero-order valence-electron chi connectivity index (χ0n) is 8.92. The average Bonchev–Trinajstić information content (AvgIpc) is 2.32. The van der Waals surface area contributed by atoms with Crippen molar-refractivity contribution in [2.45, 2.75) is 19.6 Å². The normalized spacial score (nSPS) is 12.6. The van der Waals surface area contributed by atoms with Gasteiger partial charge in [-0.2, -0.15) is 0 Å². The van der Waals surface area contributed by atoms with Gasteiger partial charge in [-0.25, -0.2) is 9.66 Å². The lowest BCUT2D eigenvalue weighted by atomic mass is 10.3. The Morgan fingerprint density at radius 2 is 2.31 bits per heavy atom. The van der Waals surface area contributed by atoms with Gasteiger partial charge in [-0.15, -0.1) is 0 Å². The monoisotopic (exact) mass is 219 g/mol. The minimum atomic E-state index is -0.759. The summed E-state index contributed by atoms with van der Waals surface area (Å²) in [6, 6.07) is 6.81. The van der Waals surface area contributed by atoms with Crippen LogP contribution in [0.15, 0.2) is 35.3 Å². The summed E-state index contributed by atoms with van der Waals surface area (Å²) in [4.78, 5) is 15.8. The minimum absolute atomic E-state index is 0.237. The maximum Gasteiger partial charge on any atom is 0.270 e. The Labute approximate surface area is 92.3 Å². The number of nitrogens with zero attached hydrogens (tertiary/aromatic N) is 2. The van der Waals surface area contributed by atoms with Crippen LogP contribution in [0.3, 0.4) is 0 Å². The van der Waals surface area contributed by atoms with Crippen LogP contribution in [0.4, 0.5) is 0 Å². The third kappa shape index (κ3) is 1.90. The van der Waals surface area contributed by atoms with Crippen LogP contribution in [-0.2, 0) is 0 Å². The number of aliphatic hydroxyl groups excluding tert-OH is 1. The van der Waals surface area contributed by atoms with E-state index in [1.807, 2.05) is 13.0 Å². The Hall–Kier alpha value is -1.88. The molecule has 2 N–H and O–H groups in total. The lowest BCUT2D eigenvalue weighted by Crippen LogP contribution is -2.35. The van der Waals surface area contributed by atoms with E-state index in [1.54, 1.807) is 18.3 Å². The summed E-state index contributed by atoms with van der Waals surface area (Å²) in [5.74, 6) is 0. The second-order valence-corrected chi connectivity index (χ2v) is 3.48. The zero-order valence-corrected chi connectivity index (χ0v) is 8.92. The number of nitrogens with one attached hydrogen (secondary N) is 1. The molecule has 2 aromatic rings. The van der Waals surface area contributed by atoms with E-state index in [-0.39, 0.29) is 5.56 Å². The number of aromatic nitrogens is 2. The Balaban J connectivity index is 2.57. The van der Waals surface area contributed by atoms with Crippen molar-refractivity contribution in [3.8, 4) is 0 Å². The van der Waals surface area contributed by atoms with Gasteiger partial charge in [0.2, 0.25) is 0 Å². The summed E-state index contributed by atoms with van der Waals surface area (Å²) < 4.78 is 1.27. The molecule has 1 unspecified atom stereocenters. The third-order valence-electron chi connectivity index (χ3n) is 2.32. The van der Waals surface area contributed by atoms with Crippen molar-refractivity contribution < 1.29 is 5.11 Å². The maximum atomic E-state index is 11.6. The molecule has 5 heteroatoms. The van der Waals surface area contributed by atoms with Crippen molar-refractivity contribution in [1.82, 2.24) is 9.66 Å². The zero-order chi connectivity index (χ0) is 11.5. The van der Waals surface area contributed by atoms with Gasteiger partial charge in [0.1, 0.15) is 6.23 Å². The summed E-state index contributed by atoms with van der Waals surface area (Å²) in [7, 11) is 0. The molecule has 0 amide bonds. The largest absolute Gasteiger partial charge is 0.372 e. The van der Waals surface area contributed by atoms with Gasteiger partial charge in [-0.3, -0.25) is 10.2 Å². The molecule has 1 atom stereocenters. The van der Waals surface area contributed by atoms with Gasteiger partial charge in [-0.1, -0.05) is 6.92 Å². The molecule has 0 bridgehead atoms. The summed E-state index contributed by atoms with van der Waals surface area (Å²) in [5.41, 5.74) is 2.98. The summed E-state index contributed by atoms with van der Waals surface area (Å²) in [6.45, 7) is 1.82. The highest BCUT2D eigenvalue weighted by atomic mass is 16.3. The standard InChI is InChI=1S/C11H13N3O2/c1-2-9(15)13-14-10(16)6-5-8-4-3-7-12-11(8)14/h3-7,9,13,15H,2H2,1H3. The molecule has 0 aliphatic carbocycles. The molecule has 0 aliphatic heterocycles. The van der Waals surface area contributed by atoms with Crippen molar-refractivity contribution in [2.75, 3.05) is 5.43 Å². The fourth-order valence-electron chi connectivity index (χ4n) is 1.43. The van der Waals surface area contributed by atoms with Crippen LogP contribution < -0.4 is 11.0 Å². The van der Waals surface area contributed by atoms with Gasteiger partial charge < -0.3 is 5.11 Å². The van der Waals surface area contributed by atoms with E-state index in [9.17, 15) is 9.90 Å². The van der Waals surface area contributed by atoms with Gasteiger partial charge in [-0.05, 0) is 24.6 Å². The first kappa shape index (κ1) is 10.6. The smallest absolute Gasteiger partial charge is 0.270 e. The van der Waals surface area contributed by atoms with Crippen molar-refractivity contribution in [3.63, 3.8) is 0 Å². The summed E-state index contributed by atoms with van der Waals surface area (Å²) in [6.07, 6.45) is 1.36. The molecule has 2 heterocycles. The van der Waals surface area contributed by atoms with Crippen molar-refractivity contribution in [3.05, 3.63) is 40.8 Å². The molecular weight excluding hydrogens is 206 g/mol. The van der Waals surface area contributed by atoms with E-state index in [4.69, 9.17) is 0 Å². The number of aliphatic hydroxyl groups is 1. The van der Waals surface area contributed by atoms with Crippen LogP contribution in [-0.4, -0.2) is 21.0 Å². The van der Waals surface area contributed by atoms with E-state index in [2.05, 4.69) is 10.4 Å². The summed E-state index contributed by atoms with van der Waals surface area (Å²) >= 11 is 0. The Bertz CT molecular complexity index is 550. The molecule has 0 spiro atoms. The second-order valence-electron chi connectivity index (χ2n) is 3.48. The predicted octanol–water partition coefficient (Wildman–Crippen LogP) is 0.668. The van der Waals surface area contributed by atoms with Crippen LogP contribution >= 0.6 is 0 Å². The molecule has 5 nitrogen and oxygen atoms in total. The molecule has 0 aromatic carbocycles. The average molecular weight is 219 g/mol. The number of hydrogen-bond acceptors (Lipinski definition) is 4. The van der Waals surface area contributed by atoms with E-state index < -0.39 is 6.23 Å². The van der Waals surface area contributed by atoms with E-state index in [1.165, 1.54) is 10.7 Å². The quantitative estimate of drug-likeness (QED) is 0.744. The molecule has 16 heavy (non-hydrogen) atoms. The third-order valence-corrected chi connectivity index (χ3v) is 2.32. The summed E-state index contributed by atoms with van der Waals surface area (Å²) in [5, 5.41) is 10.3. The Morgan fingerprint density at radius 1 is 1.50 bits per heavy atom. The van der Waals surface area contributed by atoms with Gasteiger partial charge in [0.25, 0.3) is 5.56 Å². The molecule has 2 rings (SSSR count). The van der Waals surface area contributed by atoms with Crippen LogP contribution in [0.2, 0.25) is 0 Å². The Kier molecular flexibility index (Phi) is 2.87. The van der Waals surface area contributed by atoms with Crippen molar-refractivity contribution in [1.29, 1.82) is 0 Å². The highest BCUT2D eigenvalue weighted by Gasteiger charge is 2.06.